The molecule has 0 saturated carbocycles. The molecule has 5 nitrogen and oxygen atoms in total. The molecule has 0 aromatic rings. The Hall–Kier alpha value is -1.75. The third-order valence-corrected chi connectivity index (χ3v) is 1.68. The van der Waals surface area contributed by atoms with Gasteiger partial charge in [-0.3, -0.25) is 9.63 Å². The summed E-state index contributed by atoms with van der Waals surface area (Å²) in [6, 6.07) is 0. The van der Waals surface area contributed by atoms with Gasteiger partial charge in [-0.15, -0.1) is 0 Å². The van der Waals surface area contributed by atoms with Crippen molar-refractivity contribution in [2.45, 2.75) is 0 Å². The first-order valence-corrected chi connectivity index (χ1v) is 4.58. The van der Waals surface area contributed by atoms with E-state index < -0.39 is 0 Å². The molecule has 1 rings (SSSR count). The van der Waals surface area contributed by atoms with Gasteiger partial charge in [0.05, 0.1) is 6.26 Å². The summed E-state index contributed by atoms with van der Waals surface area (Å²) in [5.41, 5.74) is 2.94. The van der Waals surface area contributed by atoms with Crippen molar-refractivity contribution in [2.75, 3.05) is 19.8 Å². The van der Waals surface area contributed by atoms with Crippen LogP contribution in [0.15, 0.2) is 36.8 Å². The quantitative estimate of drug-likeness (QED) is 0.374. The zero-order valence-corrected chi connectivity index (χ0v) is 8.36. The maximum atomic E-state index is 11.4. The Balaban J connectivity index is 2.15. The summed E-state index contributed by atoms with van der Waals surface area (Å²) in [4.78, 5) is 16.3. The van der Waals surface area contributed by atoms with Crippen molar-refractivity contribution < 1.29 is 14.4 Å². The number of carbonyl (C=O) groups is 1. The zero-order chi connectivity index (χ0) is 10.9. The van der Waals surface area contributed by atoms with Gasteiger partial charge in [0.15, 0.2) is 0 Å². The van der Waals surface area contributed by atoms with Crippen LogP contribution >= 0.6 is 0 Å². The Morgan fingerprint density at radius 2 is 2.53 bits per heavy atom. The number of carbonyl (C=O) groups excluding carboxylic acids is 1. The molecule has 0 radical (unpaired) electrons. The SMILES string of the molecule is C=COCCONC(=O)C1=CC=CNC1. The monoisotopic (exact) mass is 210 g/mol. The molecule has 1 heterocycles. The Bertz CT molecular complexity index is 284. The van der Waals surface area contributed by atoms with Crippen molar-refractivity contribution in [3.8, 4) is 0 Å². The summed E-state index contributed by atoms with van der Waals surface area (Å²) in [6.07, 6.45) is 6.59. The van der Waals surface area contributed by atoms with Crippen LogP contribution in [-0.2, 0) is 14.4 Å². The van der Waals surface area contributed by atoms with Gasteiger partial charge in [-0.25, -0.2) is 5.48 Å². The Labute approximate surface area is 88.4 Å². The number of hydroxylamine groups is 1. The van der Waals surface area contributed by atoms with Crippen LogP contribution in [0.5, 0.6) is 0 Å². The van der Waals surface area contributed by atoms with E-state index in [2.05, 4.69) is 17.4 Å². The molecule has 0 bridgehead atoms. The van der Waals surface area contributed by atoms with Crippen molar-refractivity contribution in [1.29, 1.82) is 0 Å². The van der Waals surface area contributed by atoms with E-state index in [1.807, 2.05) is 0 Å². The van der Waals surface area contributed by atoms with Gasteiger partial charge in [-0.1, -0.05) is 12.7 Å². The Morgan fingerprint density at radius 3 is 3.20 bits per heavy atom. The van der Waals surface area contributed by atoms with Gasteiger partial charge >= 0.3 is 0 Å². The van der Waals surface area contributed by atoms with E-state index in [1.165, 1.54) is 6.26 Å². The minimum atomic E-state index is -0.245. The minimum absolute atomic E-state index is 0.245. The molecule has 1 aliphatic rings. The summed E-state index contributed by atoms with van der Waals surface area (Å²) in [7, 11) is 0. The molecule has 0 unspecified atom stereocenters. The second-order valence-electron chi connectivity index (χ2n) is 2.75. The van der Waals surface area contributed by atoms with E-state index in [-0.39, 0.29) is 12.5 Å². The first-order chi connectivity index (χ1) is 7.34. The summed E-state index contributed by atoms with van der Waals surface area (Å²) in [5, 5.41) is 2.92. The first kappa shape index (κ1) is 11.3. The van der Waals surface area contributed by atoms with E-state index in [1.54, 1.807) is 18.4 Å². The van der Waals surface area contributed by atoms with Crippen molar-refractivity contribution >= 4 is 5.91 Å². The van der Waals surface area contributed by atoms with Gasteiger partial charge in [0.25, 0.3) is 5.91 Å². The van der Waals surface area contributed by atoms with Crippen LogP contribution in [0.2, 0.25) is 0 Å². The lowest BCUT2D eigenvalue weighted by Gasteiger charge is -2.10. The summed E-state index contributed by atoms with van der Waals surface area (Å²) in [6.45, 7) is 4.53. The fourth-order valence-corrected chi connectivity index (χ4v) is 0.971. The van der Waals surface area contributed by atoms with Crippen molar-refractivity contribution in [3.05, 3.63) is 36.8 Å². The summed E-state index contributed by atoms with van der Waals surface area (Å²) >= 11 is 0. The highest BCUT2D eigenvalue weighted by Gasteiger charge is 2.09. The second kappa shape index (κ2) is 6.67. The molecule has 2 N–H and O–H groups in total. The van der Waals surface area contributed by atoms with Gasteiger partial charge in [0, 0.05) is 12.1 Å². The molecule has 0 spiro atoms. The normalized spacial score (nSPS) is 13.7. The smallest absolute Gasteiger partial charge is 0.272 e. The number of amides is 1. The topological polar surface area (TPSA) is 59.6 Å². The van der Waals surface area contributed by atoms with E-state index in [0.29, 0.717) is 18.7 Å². The molecule has 1 aliphatic heterocycles. The van der Waals surface area contributed by atoms with Gasteiger partial charge in [-0.2, -0.15) is 0 Å². The van der Waals surface area contributed by atoms with Gasteiger partial charge in [0.1, 0.15) is 13.2 Å². The number of dihydropyridines is 1. The molecular weight excluding hydrogens is 196 g/mol. The highest BCUT2D eigenvalue weighted by molar-refractivity contribution is 5.93. The van der Waals surface area contributed by atoms with Crippen molar-refractivity contribution in [3.63, 3.8) is 0 Å². The maximum absolute atomic E-state index is 11.4. The van der Waals surface area contributed by atoms with E-state index >= 15 is 0 Å². The average molecular weight is 210 g/mol. The molecule has 0 aromatic carbocycles. The van der Waals surface area contributed by atoms with Gasteiger partial charge < -0.3 is 10.1 Å². The maximum Gasteiger partial charge on any atom is 0.272 e. The highest BCUT2D eigenvalue weighted by atomic mass is 16.7. The van der Waals surface area contributed by atoms with E-state index in [4.69, 9.17) is 9.57 Å². The molecule has 0 fully saturated rings. The lowest BCUT2D eigenvalue weighted by atomic mass is 10.2. The third-order valence-electron chi connectivity index (χ3n) is 1.68. The van der Waals surface area contributed by atoms with Crippen LogP contribution in [0, 0.1) is 0 Å². The molecule has 5 heteroatoms. The highest BCUT2D eigenvalue weighted by Crippen LogP contribution is 1.97. The Kier molecular flexibility index (Phi) is 5.03. The lowest BCUT2D eigenvalue weighted by molar-refractivity contribution is -0.130. The van der Waals surface area contributed by atoms with Crippen molar-refractivity contribution in [1.82, 2.24) is 10.8 Å². The average Bonchev–Trinajstić information content (AvgIpc) is 2.30. The third kappa shape index (κ3) is 4.33. The number of allylic oxidation sites excluding steroid dienone is 2. The fourth-order valence-electron chi connectivity index (χ4n) is 0.971. The molecular formula is C10H14N2O3. The molecule has 1 amide bonds. The minimum Gasteiger partial charge on any atom is -0.499 e. The molecule has 0 atom stereocenters. The van der Waals surface area contributed by atoms with E-state index in [0.717, 1.165) is 0 Å². The zero-order valence-electron chi connectivity index (χ0n) is 8.36. The number of ether oxygens (including phenoxy) is 1. The van der Waals surface area contributed by atoms with Crippen LogP contribution in [0.1, 0.15) is 0 Å². The summed E-state index contributed by atoms with van der Waals surface area (Å²) < 4.78 is 4.81. The first-order valence-electron chi connectivity index (χ1n) is 4.58. The van der Waals surface area contributed by atoms with Crippen LogP contribution in [0.25, 0.3) is 0 Å². The number of rotatable bonds is 6. The van der Waals surface area contributed by atoms with Crippen LogP contribution in [0.3, 0.4) is 0 Å². The Morgan fingerprint density at radius 1 is 1.67 bits per heavy atom. The molecule has 0 aliphatic carbocycles. The molecule has 15 heavy (non-hydrogen) atoms. The van der Waals surface area contributed by atoms with Gasteiger partial charge in [-0.05, 0) is 12.3 Å². The molecule has 0 aromatic heterocycles. The number of hydrogen-bond acceptors (Lipinski definition) is 4. The molecule has 0 saturated heterocycles. The lowest BCUT2D eigenvalue weighted by Crippen LogP contribution is -2.31. The molecule has 82 valence electrons. The predicted molar refractivity (Wildman–Crippen MR) is 55.5 cm³/mol. The number of hydrogen-bond donors (Lipinski definition) is 2. The predicted octanol–water partition coefficient (Wildman–Crippen LogP) is 0.238. The van der Waals surface area contributed by atoms with Gasteiger partial charge in [0.2, 0.25) is 0 Å². The number of nitrogens with one attached hydrogen (secondary N) is 2. The fraction of sp³-hybridized carbons (Fsp3) is 0.300. The second-order valence-corrected chi connectivity index (χ2v) is 2.75. The largest absolute Gasteiger partial charge is 0.499 e. The van der Waals surface area contributed by atoms with E-state index in [9.17, 15) is 4.79 Å². The summed E-state index contributed by atoms with van der Waals surface area (Å²) in [5.74, 6) is -0.245. The standard InChI is InChI=1S/C10H14N2O3/c1-2-14-6-7-15-12-10(13)9-4-3-5-11-8-9/h2-5,11H,1,6-8H2,(H,12,13). The van der Waals surface area contributed by atoms with Crippen LogP contribution in [-0.4, -0.2) is 25.7 Å². The van der Waals surface area contributed by atoms with Crippen LogP contribution < -0.4 is 10.8 Å². The van der Waals surface area contributed by atoms with Crippen LogP contribution in [0.4, 0.5) is 0 Å². The van der Waals surface area contributed by atoms with Crippen molar-refractivity contribution in [2.24, 2.45) is 0 Å².